The van der Waals surface area contributed by atoms with Crippen molar-refractivity contribution in [2.24, 2.45) is 10.7 Å². The van der Waals surface area contributed by atoms with Gasteiger partial charge in [0.1, 0.15) is 6.54 Å². The summed E-state index contributed by atoms with van der Waals surface area (Å²) in [7, 11) is 0. The average molecular weight is 505 g/mol. The van der Waals surface area contributed by atoms with Crippen LogP contribution in [0, 0.1) is 0 Å². The maximum Gasteiger partial charge on any atom is 0.246 e. The van der Waals surface area contributed by atoms with Crippen LogP contribution in [-0.2, 0) is 24.3 Å². The van der Waals surface area contributed by atoms with Gasteiger partial charge in [0.25, 0.3) is 0 Å². The van der Waals surface area contributed by atoms with E-state index in [-0.39, 0.29) is 36.4 Å². The fourth-order valence-corrected chi connectivity index (χ4v) is 2.59. The number of guanidine groups is 1. The Morgan fingerprint density at radius 2 is 2.03 bits per heavy atom. The number of aromatic nitrogens is 3. The summed E-state index contributed by atoms with van der Waals surface area (Å²) in [4.78, 5) is 20.7. The first kappa shape index (κ1) is 22.3. The Kier molecular flexibility index (Phi) is 9.09. The van der Waals surface area contributed by atoms with E-state index in [4.69, 9.17) is 5.73 Å². The number of halogens is 1. The lowest BCUT2D eigenvalue weighted by Crippen LogP contribution is -2.33. The molecule has 0 bridgehead atoms. The molecule has 4 N–H and O–H groups in total. The predicted octanol–water partition coefficient (Wildman–Crippen LogP) is 2.18. The monoisotopic (exact) mass is 505 g/mol. The molecule has 2 aromatic heterocycles. The molecule has 3 aromatic rings. The second-order valence-electron chi connectivity index (χ2n) is 6.15. The van der Waals surface area contributed by atoms with Gasteiger partial charge in [0.05, 0.1) is 6.54 Å². The van der Waals surface area contributed by atoms with Gasteiger partial charge in [0.2, 0.25) is 5.91 Å². The molecule has 152 valence electrons. The molecule has 3 rings (SSSR count). The number of benzene rings is 1. The number of anilines is 1. The first-order chi connectivity index (χ1) is 13.7. The van der Waals surface area contributed by atoms with Crippen LogP contribution >= 0.6 is 24.0 Å². The Balaban J connectivity index is 0.00000300. The molecule has 0 saturated carbocycles. The van der Waals surface area contributed by atoms with E-state index in [1.54, 1.807) is 29.3 Å². The van der Waals surface area contributed by atoms with E-state index in [9.17, 15) is 4.79 Å². The second-order valence-corrected chi connectivity index (χ2v) is 6.15. The van der Waals surface area contributed by atoms with Crippen LogP contribution in [0.1, 0.15) is 11.3 Å². The topological polar surface area (TPSA) is 110 Å². The third-order valence-corrected chi connectivity index (χ3v) is 3.92. The Hall–Kier alpha value is -2.95. The number of pyridine rings is 1. The molecule has 0 atom stereocenters. The lowest BCUT2D eigenvalue weighted by atomic mass is 10.2. The van der Waals surface area contributed by atoms with Crippen LogP contribution in [0.3, 0.4) is 0 Å². The van der Waals surface area contributed by atoms with Crippen LogP contribution in [0.2, 0.25) is 0 Å². The Labute approximate surface area is 186 Å². The number of hydrogen-bond donors (Lipinski definition) is 3. The van der Waals surface area contributed by atoms with Crippen molar-refractivity contribution in [2.75, 3.05) is 11.9 Å². The molecule has 0 spiro atoms. The zero-order chi connectivity index (χ0) is 19.6. The molecule has 2 heterocycles. The Bertz CT molecular complexity index is 914. The lowest BCUT2D eigenvalue weighted by Gasteiger charge is -2.08. The van der Waals surface area contributed by atoms with Crippen LogP contribution in [0.4, 0.5) is 5.69 Å². The Morgan fingerprint density at radius 3 is 2.79 bits per heavy atom. The summed E-state index contributed by atoms with van der Waals surface area (Å²) in [5.74, 6) is 0.240. The molecule has 8 nitrogen and oxygen atoms in total. The van der Waals surface area contributed by atoms with E-state index in [1.807, 2.05) is 42.5 Å². The van der Waals surface area contributed by atoms with Crippen molar-refractivity contribution >= 4 is 41.5 Å². The van der Waals surface area contributed by atoms with Gasteiger partial charge in [-0.2, -0.15) is 5.10 Å². The van der Waals surface area contributed by atoms with E-state index >= 15 is 0 Å². The molecule has 0 radical (unpaired) electrons. The molecule has 0 fully saturated rings. The number of hydrogen-bond acceptors (Lipinski definition) is 4. The number of nitrogens with zero attached hydrogens (tertiary/aromatic N) is 4. The van der Waals surface area contributed by atoms with Crippen LogP contribution < -0.4 is 16.4 Å². The third-order valence-electron chi connectivity index (χ3n) is 3.92. The molecule has 29 heavy (non-hydrogen) atoms. The number of aliphatic imine (C=N–C) groups is 1. The SMILES string of the molecule is I.NC(=NCc1cccc(NC(=O)Cn2cccn2)c1)NCCc1ccccn1. The number of rotatable bonds is 8. The Morgan fingerprint density at radius 1 is 1.14 bits per heavy atom. The van der Waals surface area contributed by atoms with Gasteiger partial charge >= 0.3 is 0 Å². The van der Waals surface area contributed by atoms with Gasteiger partial charge in [-0.05, 0) is 35.9 Å². The van der Waals surface area contributed by atoms with Crippen LogP contribution in [0.5, 0.6) is 0 Å². The standard InChI is InChI=1S/C20H23N7O.HI/c21-20(23-11-8-17-6-1-2-9-22-17)24-14-16-5-3-7-18(13-16)26-19(28)15-27-12-4-10-25-27;/h1-7,9-10,12-13H,8,11,14-15H2,(H,26,28)(H3,21,23,24);1H. The van der Waals surface area contributed by atoms with E-state index in [0.717, 1.165) is 17.7 Å². The molecule has 1 amide bonds. The molecule has 0 unspecified atom stereocenters. The molecular formula is C20H24IN7O. The first-order valence-corrected chi connectivity index (χ1v) is 8.99. The molecule has 0 aliphatic rings. The lowest BCUT2D eigenvalue weighted by molar-refractivity contribution is -0.116. The average Bonchev–Trinajstić information content (AvgIpc) is 3.20. The molecule has 0 aliphatic carbocycles. The highest BCUT2D eigenvalue weighted by molar-refractivity contribution is 14.0. The van der Waals surface area contributed by atoms with Crippen molar-refractivity contribution in [1.82, 2.24) is 20.1 Å². The minimum absolute atomic E-state index is 0. The van der Waals surface area contributed by atoms with Crippen molar-refractivity contribution in [1.29, 1.82) is 0 Å². The summed E-state index contributed by atoms with van der Waals surface area (Å²) in [6.07, 6.45) is 5.93. The number of nitrogens with two attached hydrogens (primary N) is 1. The second kappa shape index (κ2) is 11.8. The maximum atomic E-state index is 12.1. The molecule has 0 aliphatic heterocycles. The van der Waals surface area contributed by atoms with E-state index in [2.05, 4.69) is 25.7 Å². The molecule has 1 aromatic carbocycles. The van der Waals surface area contributed by atoms with Gasteiger partial charge in [-0.15, -0.1) is 24.0 Å². The minimum Gasteiger partial charge on any atom is -0.370 e. The number of amides is 1. The summed E-state index contributed by atoms with van der Waals surface area (Å²) in [5.41, 5.74) is 8.59. The smallest absolute Gasteiger partial charge is 0.246 e. The zero-order valence-electron chi connectivity index (χ0n) is 15.9. The summed E-state index contributed by atoms with van der Waals surface area (Å²) in [5, 5.41) is 9.96. The number of carbonyl (C=O) groups excluding carboxylic acids is 1. The fourth-order valence-electron chi connectivity index (χ4n) is 2.59. The normalized spacial score (nSPS) is 10.8. The van der Waals surface area contributed by atoms with Crippen molar-refractivity contribution in [2.45, 2.75) is 19.5 Å². The maximum absolute atomic E-state index is 12.1. The van der Waals surface area contributed by atoms with Crippen LogP contribution in [-0.4, -0.2) is 33.2 Å². The van der Waals surface area contributed by atoms with Gasteiger partial charge < -0.3 is 16.4 Å². The van der Waals surface area contributed by atoms with E-state index in [0.29, 0.717) is 24.7 Å². The van der Waals surface area contributed by atoms with Crippen LogP contribution in [0.25, 0.3) is 0 Å². The highest BCUT2D eigenvalue weighted by Crippen LogP contribution is 2.11. The summed E-state index contributed by atoms with van der Waals surface area (Å²) < 4.78 is 1.57. The predicted molar refractivity (Wildman–Crippen MR) is 124 cm³/mol. The van der Waals surface area contributed by atoms with Crippen molar-refractivity contribution in [3.8, 4) is 0 Å². The van der Waals surface area contributed by atoms with Gasteiger partial charge in [0, 0.05) is 42.9 Å². The quantitative estimate of drug-likeness (QED) is 0.247. The highest BCUT2D eigenvalue weighted by atomic mass is 127. The fraction of sp³-hybridized carbons (Fsp3) is 0.200. The van der Waals surface area contributed by atoms with Gasteiger partial charge in [-0.25, -0.2) is 4.99 Å². The number of carbonyl (C=O) groups is 1. The molecule has 0 saturated heterocycles. The van der Waals surface area contributed by atoms with Gasteiger partial charge in [-0.3, -0.25) is 14.5 Å². The van der Waals surface area contributed by atoms with Gasteiger partial charge in [-0.1, -0.05) is 18.2 Å². The largest absolute Gasteiger partial charge is 0.370 e. The highest BCUT2D eigenvalue weighted by Gasteiger charge is 2.04. The van der Waals surface area contributed by atoms with Crippen molar-refractivity contribution in [3.63, 3.8) is 0 Å². The van der Waals surface area contributed by atoms with E-state index in [1.165, 1.54) is 0 Å². The summed E-state index contributed by atoms with van der Waals surface area (Å²) in [6.45, 7) is 1.25. The third kappa shape index (κ3) is 7.90. The molecular weight excluding hydrogens is 481 g/mol. The molecule has 9 heteroatoms. The minimum atomic E-state index is -0.139. The summed E-state index contributed by atoms with van der Waals surface area (Å²) >= 11 is 0. The van der Waals surface area contributed by atoms with Crippen LogP contribution in [0.15, 0.2) is 72.1 Å². The van der Waals surface area contributed by atoms with Crippen molar-refractivity contribution < 1.29 is 4.79 Å². The zero-order valence-corrected chi connectivity index (χ0v) is 18.2. The van der Waals surface area contributed by atoms with Gasteiger partial charge in [0.15, 0.2) is 5.96 Å². The summed E-state index contributed by atoms with van der Waals surface area (Å²) in [6, 6.07) is 15.1. The first-order valence-electron chi connectivity index (χ1n) is 8.99. The van der Waals surface area contributed by atoms with Crippen molar-refractivity contribution in [3.05, 3.63) is 78.4 Å². The number of nitrogens with one attached hydrogen (secondary N) is 2. The van der Waals surface area contributed by atoms with E-state index < -0.39 is 0 Å².